The van der Waals surface area contributed by atoms with Gasteiger partial charge in [0.2, 0.25) is 5.91 Å². The van der Waals surface area contributed by atoms with Crippen LogP contribution in [0.15, 0.2) is 6.07 Å². The molecule has 4 N–H and O–H groups in total. The molecule has 5 heteroatoms. The number of nitrogens with two attached hydrogens (primary N) is 1. The maximum atomic E-state index is 11.6. The van der Waals surface area contributed by atoms with Crippen molar-refractivity contribution < 1.29 is 14.6 Å². The van der Waals surface area contributed by atoms with Crippen molar-refractivity contribution in [3.8, 4) is 5.75 Å². The van der Waals surface area contributed by atoms with Gasteiger partial charge < -0.3 is 20.9 Å². The molecule has 1 unspecified atom stereocenters. The quantitative estimate of drug-likeness (QED) is 0.727. The van der Waals surface area contributed by atoms with Gasteiger partial charge in [-0.3, -0.25) is 4.79 Å². The summed E-state index contributed by atoms with van der Waals surface area (Å²) >= 11 is 0. The lowest BCUT2D eigenvalue weighted by Gasteiger charge is -2.17. The highest BCUT2D eigenvalue weighted by Gasteiger charge is 2.14. The largest absolute Gasteiger partial charge is 0.496 e. The lowest BCUT2D eigenvalue weighted by molar-refractivity contribution is -0.123. The van der Waals surface area contributed by atoms with E-state index in [1.54, 1.807) is 7.11 Å². The number of rotatable bonds is 5. The fourth-order valence-corrected chi connectivity index (χ4v) is 1.97. The van der Waals surface area contributed by atoms with E-state index in [0.717, 1.165) is 28.0 Å². The maximum Gasteiger partial charge on any atom is 0.239 e. The van der Waals surface area contributed by atoms with Crippen molar-refractivity contribution in [3.05, 3.63) is 28.3 Å². The van der Waals surface area contributed by atoms with E-state index in [-0.39, 0.29) is 12.5 Å². The number of carbonyl (C=O) groups excluding carboxylic acids is 1. The maximum absolute atomic E-state index is 11.6. The summed E-state index contributed by atoms with van der Waals surface area (Å²) in [5, 5.41) is 11.6. The first-order chi connectivity index (χ1) is 8.92. The molecule has 106 valence electrons. The predicted octanol–water partition coefficient (Wildman–Crippen LogP) is 0.556. The number of nitrogens with one attached hydrogen (secondary N) is 1. The zero-order valence-corrected chi connectivity index (χ0v) is 11.9. The summed E-state index contributed by atoms with van der Waals surface area (Å²) in [6.07, 6.45) is 0. The van der Waals surface area contributed by atoms with Gasteiger partial charge >= 0.3 is 0 Å². The van der Waals surface area contributed by atoms with Crippen LogP contribution in [0.25, 0.3) is 0 Å². The number of methoxy groups -OCH3 is 1. The van der Waals surface area contributed by atoms with Crippen LogP contribution in [-0.4, -0.2) is 30.8 Å². The molecule has 0 saturated heterocycles. The number of amides is 1. The van der Waals surface area contributed by atoms with Gasteiger partial charge in [0.1, 0.15) is 11.8 Å². The molecule has 0 aliphatic heterocycles. The Morgan fingerprint density at radius 2 is 2.05 bits per heavy atom. The molecule has 0 fully saturated rings. The molecule has 0 aromatic heterocycles. The Kier molecular flexibility index (Phi) is 5.32. The van der Waals surface area contributed by atoms with Gasteiger partial charge in [-0.25, -0.2) is 0 Å². The Balaban J connectivity index is 2.91. The lowest BCUT2D eigenvalue weighted by atomic mass is 9.97. The second-order valence-corrected chi connectivity index (χ2v) is 4.63. The molecule has 5 nitrogen and oxygen atoms in total. The number of ether oxygens (including phenoxy) is 1. The number of aryl methyl sites for hydroxylation is 1. The van der Waals surface area contributed by atoms with E-state index in [0.29, 0.717) is 6.54 Å². The summed E-state index contributed by atoms with van der Waals surface area (Å²) in [5.74, 6) is 0.493. The third kappa shape index (κ3) is 3.45. The molecule has 1 amide bonds. The van der Waals surface area contributed by atoms with Gasteiger partial charge in [0, 0.05) is 6.54 Å². The van der Waals surface area contributed by atoms with Crippen molar-refractivity contribution in [1.82, 2.24) is 5.32 Å². The SMILES string of the molecule is COc1cc(C)c(CNC(=O)C(N)CO)c(C)c1C. The molecule has 0 aliphatic rings. The van der Waals surface area contributed by atoms with Gasteiger partial charge in [-0.2, -0.15) is 0 Å². The van der Waals surface area contributed by atoms with Crippen molar-refractivity contribution in [2.24, 2.45) is 5.73 Å². The first-order valence-electron chi connectivity index (χ1n) is 6.20. The molecule has 19 heavy (non-hydrogen) atoms. The molecule has 0 radical (unpaired) electrons. The molecule has 0 aliphatic carbocycles. The highest BCUT2D eigenvalue weighted by Crippen LogP contribution is 2.27. The van der Waals surface area contributed by atoms with E-state index in [2.05, 4.69) is 5.32 Å². The van der Waals surface area contributed by atoms with Gasteiger partial charge in [0.25, 0.3) is 0 Å². The fourth-order valence-electron chi connectivity index (χ4n) is 1.97. The summed E-state index contributed by atoms with van der Waals surface area (Å²) in [5.41, 5.74) is 9.71. The number of hydrogen-bond donors (Lipinski definition) is 3. The van der Waals surface area contributed by atoms with Crippen LogP contribution in [0, 0.1) is 20.8 Å². The van der Waals surface area contributed by atoms with E-state index in [9.17, 15) is 4.79 Å². The van der Waals surface area contributed by atoms with E-state index in [1.165, 1.54) is 0 Å². The normalized spacial score (nSPS) is 12.1. The standard InChI is InChI=1S/C14H22N2O3/c1-8-5-13(19-4)10(3)9(2)11(8)6-16-14(18)12(15)7-17/h5,12,17H,6-7,15H2,1-4H3,(H,16,18). The molecule has 1 rings (SSSR count). The van der Waals surface area contributed by atoms with Crippen LogP contribution in [0.4, 0.5) is 0 Å². The Morgan fingerprint density at radius 3 is 2.58 bits per heavy atom. The summed E-state index contributed by atoms with van der Waals surface area (Å²) < 4.78 is 5.30. The van der Waals surface area contributed by atoms with Crippen LogP contribution in [0.5, 0.6) is 5.75 Å². The minimum absolute atomic E-state index is 0.352. The van der Waals surface area contributed by atoms with Crippen molar-refractivity contribution in [3.63, 3.8) is 0 Å². The summed E-state index contributed by atoms with van der Waals surface area (Å²) in [6, 6.07) is 1.08. The van der Waals surface area contributed by atoms with Crippen LogP contribution < -0.4 is 15.8 Å². The number of aliphatic hydroxyl groups is 1. The van der Waals surface area contributed by atoms with Crippen LogP contribution in [0.1, 0.15) is 22.3 Å². The van der Waals surface area contributed by atoms with E-state index in [1.807, 2.05) is 26.8 Å². The average Bonchev–Trinajstić information content (AvgIpc) is 2.41. The van der Waals surface area contributed by atoms with Crippen molar-refractivity contribution >= 4 is 5.91 Å². The Bertz CT molecular complexity index is 472. The fraction of sp³-hybridized carbons (Fsp3) is 0.500. The third-order valence-electron chi connectivity index (χ3n) is 3.40. The highest BCUT2D eigenvalue weighted by atomic mass is 16.5. The van der Waals surface area contributed by atoms with Crippen molar-refractivity contribution in [1.29, 1.82) is 0 Å². The Labute approximate surface area is 113 Å². The number of hydrogen-bond acceptors (Lipinski definition) is 4. The number of carbonyl (C=O) groups is 1. The molecule has 0 heterocycles. The third-order valence-corrected chi connectivity index (χ3v) is 3.40. The van der Waals surface area contributed by atoms with E-state index < -0.39 is 6.04 Å². The van der Waals surface area contributed by atoms with Crippen LogP contribution in [-0.2, 0) is 11.3 Å². The molecule has 0 saturated carbocycles. The minimum Gasteiger partial charge on any atom is -0.496 e. The molecular weight excluding hydrogens is 244 g/mol. The molecule has 1 atom stereocenters. The zero-order chi connectivity index (χ0) is 14.6. The Hall–Kier alpha value is -1.59. The van der Waals surface area contributed by atoms with Gasteiger partial charge in [-0.1, -0.05) is 0 Å². The van der Waals surface area contributed by atoms with Crippen LogP contribution >= 0.6 is 0 Å². The highest BCUT2D eigenvalue weighted by molar-refractivity contribution is 5.81. The summed E-state index contributed by atoms with van der Waals surface area (Å²) in [6.45, 7) is 6.00. The smallest absolute Gasteiger partial charge is 0.239 e. The topological polar surface area (TPSA) is 84.6 Å². The van der Waals surface area contributed by atoms with E-state index in [4.69, 9.17) is 15.6 Å². The Morgan fingerprint density at radius 1 is 1.42 bits per heavy atom. The number of aliphatic hydroxyl groups excluding tert-OH is 1. The monoisotopic (exact) mass is 266 g/mol. The lowest BCUT2D eigenvalue weighted by Crippen LogP contribution is -2.42. The molecule has 1 aromatic rings. The first-order valence-corrected chi connectivity index (χ1v) is 6.20. The zero-order valence-electron chi connectivity index (χ0n) is 11.9. The molecule has 0 spiro atoms. The second-order valence-electron chi connectivity index (χ2n) is 4.63. The molecule has 0 bridgehead atoms. The van der Waals surface area contributed by atoms with Crippen LogP contribution in [0.2, 0.25) is 0 Å². The van der Waals surface area contributed by atoms with Gasteiger partial charge in [0.15, 0.2) is 0 Å². The first kappa shape index (κ1) is 15.5. The second kappa shape index (κ2) is 6.54. The summed E-state index contributed by atoms with van der Waals surface area (Å²) in [7, 11) is 1.64. The van der Waals surface area contributed by atoms with Crippen LogP contribution in [0.3, 0.4) is 0 Å². The van der Waals surface area contributed by atoms with Crippen molar-refractivity contribution in [2.45, 2.75) is 33.4 Å². The minimum atomic E-state index is -0.875. The summed E-state index contributed by atoms with van der Waals surface area (Å²) in [4.78, 5) is 11.6. The number of benzene rings is 1. The van der Waals surface area contributed by atoms with Crippen molar-refractivity contribution in [2.75, 3.05) is 13.7 Å². The van der Waals surface area contributed by atoms with E-state index >= 15 is 0 Å². The van der Waals surface area contributed by atoms with Gasteiger partial charge in [-0.05, 0) is 49.1 Å². The average molecular weight is 266 g/mol. The van der Waals surface area contributed by atoms with Gasteiger partial charge in [0.05, 0.1) is 13.7 Å². The predicted molar refractivity (Wildman–Crippen MR) is 74.1 cm³/mol. The van der Waals surface area contributed by atoms with Gasteiger partial charge in [-0.15, -0.1) is 0 Å². The molecular formula is C14H22N2O3. The molecule has 1 aromatic carbocycles.